The Labute approximate surface area is 131 Å². The number of likely N-dealkylation sites (tertiary alicyclic amines) is 1. The topological polar surface area (TPSA) is 82.4 Å². The highest BCUT2D eigenvalue weighted by Gasteiger charge is 2.43. The van der Waals surface area contributed by atoms with Gasteiger partial charge in [-0.25, -0.2) is 0 Å². The summed E-state index contributed by atoms with van der Waals surface area (Å²) >= 11 is 0. The molecule has 0 bridgehead atoms. The first-order chi connectivity index (χ1) is 10.5. The van der Waals surface area contributed by atoms with E-state index in [9.17, 15) is 14.9 Å². The summed E-state index contributed by atoms with van der Waals surface area (Å²) in [5, 5.41) is 12.2. The van der Waals surface area contributed by atoms with Crippen molar-refractivity contribution in [1.29, 1.82) is 5.26 Å². The molecule has 1 saturated carbocycles. The van der Waals surface area contributed by atoms with Crippen molar-refractivity contribution in [3.63, 3.8) is 0 Å². The van der Waals surface area contributed by atoms with Crippen molar-refractivity contribution in [2.45, 2.75) is 57.0 Å². The lowest BCUT2D eigenvalue weighted by Gasteiger charge is -2.35. The molecule has 1 saturated heterocycles. The summed E-state index contributed by atoms with van der Waals surface area (Å²) in [5.74, 6) is -0.0986. The molecule has 2 aliphatic rings. The normalized spacial score (nSPS) is 24.9. The van der Waals surface area contributed by atoms with Gasteiger partial charge in [-0.15, -0.1) is 0 Å². The predicted octanol–water partition coefficient (Wildman–Crippen LogP) is 1.21. The Morgan fingerprint density at radius 3 is 2.68 bits per heavy atom. The van der Waals surface area contributed by atoms with E-state index in [1.807, 2.05) is 4.90 Å². The number of rotatable bonds is 6. The van der Waals surface area contributed by atoms with E-state index in [1.54, 1.807) is 6.92 Å². The third kappa shape index (κ3) is 4.20. The molecule has 1 N–H and O–H groups in total. The van der Waals surface area contributed by atoms with Crippen LogP contribution >= 0.6 is 0 Å². The highest BCUT2D eigenvalue weighted by molar-refractivity contribution is 5.79. The van der Waals surface area contributed by atoms with Gasteiger partial charge in [0.25, 0.3) is 0 Å². The van der Waals surface area contributed by atoms with Crippen molar-refractivity contribution >= 4 is 11.9 Å². The van der Waals surface area contributed by atoms with Gasteiger partial charge in [0.05, 0.1) is 26.1 Å². The van der Waals surface area contributed by atoms with Crippen molar-refractivity contribution in [1.82, 2.24) is 10.2 Å². The first-order valence-electron chi connectivity index (χ1n) is 8.01. The zero-order valence-corrected chi connectivity index (χ0v) is 13.4. The third-order valence-electron chi connectivity index (χ3n) is 4.75. The first kappa shape index (κ1) is 16.8. The van der Waals surface area contributed by atoms with E-state index in [-0.39, 0.29) is 30.4 Å². The van der Waals surface area contributed by atoms with Gasteiger partial charge < -0.3 is 10.1 Å². The largest absolute Gasteiger partial charge is 0.469 e. The molecule has 1 heterocycles. The number of piperidine rings is 1. The van der Waals surface area contributed by atoms with Crippen LogP contribution in [0.4, 0.5) is 0 Å². The van der Waals surface area contributed by atoms with E-state index < -0.39 is 5.54 Å². The highest BCUT2D eigenvalue weighted by atomic mass is 16.5. The lowest BCUT2D eigenvalue weighted by atomic mass is 9.97. The molecule has 122 valence electrons. The van der Waals surface area contributed by atoms with Crippen molar-refractivity contribution in [3.8, 4) is 6.07 Å². The highest BCUT2D eigenvalue weighted by Crippen LogP contribution is 2.39. The van der Waals surface area contributed by atoms with Crippen LogP contribution in [0.2, 0.25) is 0 Å². The molecule has 1 aliphatic carbocycles. The summed E-state index contributed by atoms with van der Waals surface area (Å²) in [5.41, 5.74) is -0.759. The fourth-order valence-corrected chi connectivity index (χ4v) is 3.17. The summed E-state index contributed by atoms with van der Waals surface area (Å²) in [6.07, 6.45) is 5.32. The number of hydrogen-bond acceptors (Lipinski definition) is 5. The van der Waals surface area contributed by atoms with Crippen LogP contribution in [-0.4, -0.2) is 48.6 Å². The monoisotopic (exact) mass is 307 g/mol. The van der Waals surface area contributed by atoms with E-state index >= 15 is 0 Å². The number of ether oxygens (including phenoxy) is 1. The number of carbonyl (C=O) groups excluding carboxylic acids is 2. The number of nitriles is 1. The van der Waals surface area contributed by atoms with Gasteiger partial charge in [0.15, 0.2) is 0 Å². The van der Waals surface area contributed by atoms with E-state index in [1.165, 1.54) is 7.11 Å². The number of amides is 1. The number of carbonyl (C=O) groups is 2. The number of nitrogens with one attached hydrogen (secondary N) is 1. The zero-order valence-electron chi connectivity index (χ0n) is 13.4. The van der Waals surface area contributed by atoms with E-state index in [4.69, 9.17) is 4.74 Å². The van der Waals surface area contributed by atoms with Gasteiger partial charge in [0, 0.05) is 6.04 Å². The number of esters is 1. The van der Waals surface area contributed by atoms with Crippen molar-refractivity contribution < 1.29 is 14.3 Å². The second-order valence-electron chi connectivity index (χ2n) is 6.54. The molecule has 0 spiro atoms. The maximum absolute atomic E-state index is 12.3. The minimum Gasteiger partial charge on any atom is -0.469 e. The summed E-state index contributed by atoms with van der Waals surface area (Å²) in [7, 11) is 1.39. The summed E-state index contributed by atoms with van der Waals surface area (Å²) in [6, 6.07) is 2.29. The quantitative estimate of drug-likeness (QED) is 0.746. The molecule has 22 heavy (non-hydrogen) atoms. The Morgan fingerprint density at radius 1 is 1.36 bits per heavy atom. The Morgan fingerprint density at radius 2 is 2.09 bits per heavy atom. The number of hydrogen-bond donors (Lipinski definition) is 1. The second-order valence-corrected chi connectivity index (χ2v) is 6.54. The average Bonchev–Trinajstić information content (AvgIpc) is 3.34. The van der Waals surface area contributed by atoms with Gasteiger partial charge in [-0.1, -0.05) is 6.42 Å². The standard InChI is InChI=1S/C16H25N3O3/c1-16(11-17,12-6-7-12)18-14(20)10-19-8-4-3-5-13(19)9-15(21)22-2/h12-13H,3-10H2,1-2H3,(H,18,20)/t13-,16-/m1/s1. The third-order valence-corrected chi connectivity index (χ3v) is 4.75. The lowest BCUT2D eigenvalue weighted by Crippen LogP contribution is -2.52. The Hall–Kier alpha value is -1.61. The van der Waals surface area contributed by atoms with Gasteiger partial charge in [-0.3, -0.25) is 14.5 Å². The molecule has 2 atom stereocenters. The molecule has 0 aromatic heterocycles. The summed E-state index contributed by atoms with van der Waals surface area (Å²) in [4.78, 5) is 25.8. The molecule has 6 heteroatoms. The van der Waals surface area contributed by atoms with Crippen molar-refractivity contribution in [2.75, 3.05) is 20.2 Å². The molecule has 6 nitrogen and oxygen atoms in total. The van der Waals surface area contributed by atoms with Crippen LogP contribution in [0.15, 0.2) is 0 Å². The van der Waals surface area contributed by atoms with Crippen LogP contribution < -0.4 is 5.32 Å². The molecule has 0 aromatic carbocycles. The maximum atomic E-state index is 12.3. The fraction of sp³-hybridized carbons (Fsp3) is 0.812. The smallest absolute Gasteiger partial charge is 0.307 e. The number of nitrogens with zero attached hydrogens (tertiary/aromatic N) is 2. The van der Waals surface area contributed by atoms with Crippen LogP contribution in [0.3, 0.4) is 0 Å². The fourth-order valence-electron chi connectivity index (χ4n) is 3.17. The van der Waals surface area contributed by atoms with E-state index in [0.717, 1.165) is 38.6 Å². The van der Waals surface area contributed by atoms with Gasteiger partial charge in [0.2, 0.25) is 5.91 Å². The van der Waals surface area contributed by atoms with Crippen LogP contribution in [-0.2, 0) is 14.3 Å². The van der Waals surface area contributed by atoms with Crippen LogP contribution in [0.25, 0.3) is 0 Å². The molecule has 1 amide bonds. The van der Waals surface area contributed by atoms with Crippen LogP contribution in [0, 0.1) is 17.2 Å². The van der Waals surface area contributed by atoms with Crippen molar-refractivity contribution in [3.05, 3.63) is 0 Å². The predicted molar refractivity (Wildman–Crippen MR) is 80.7 cm³/mol. The molecule has 0 unspecified atom stereocenters. The molecule has 0 radical (unpaired) electrons. The zero-order chi connectivity index (χ0) is 16.2. The molecule has 1 aliphatic heterocycles. The Bertz CT molecular complexity index is 470. The summed E-state index contributed by atoms with van der Waals surface area (Å²) < 4.78 is 4.73. The molecular weight excluding hydrogens is 282 g/mol. The molecular formula is C16H25N3O3. The van der Waals surface area contributed by atoms with Crippen LogP contribution in [0.1, 0.15) is 45.4 Å². The van der Waals surface area contributed by atoms with E-state index in [2.05, 4.69) is 11.4 Å². The molecule has 0 aromatic rings. The minimum atomic E-state index is -0.759. The van der Waals surface area contributed by atoms with Gasteiger partial charge in [-0.05, 0) is 45.1 Å². The van der Waals surface area contributed by atoms with Gasteiger partial charge >= 0.3 is 5.97 Å². The summed E-state index contributed by atoms with van der Waals surface area (Å²) in [6.45, 7) is 2.85. The number of methoxy groups -OCH3 is 1. The maximum Gasteiger partial charge on any atom is 0.307 e. The SMILES string of the molecule is COC(=O)C[C@H]1CCCCN1CC(=O)N[C@](C)(C#N)C1CC1. The Balaban J connectivity index is 1.90. The second kappa shape index (κ2) is 7.10. The van der Waals surface area contributed by atoms with E-state index in [0.29, 0.717) is 6.42 Å². The molecule has 2 rings (SSSR count). The first-order valence-corrected chi connectivity index (χ1v) is 8.01. The average molecular weight is 307 g/mol. The minimum absolute atomic E-state index is 0.0567. The Kier molecular flexibility index (Phi) is 5.41. The lowest BCUT2D eigenvalue weighted by molar-refractivity contribution is -0.143. The van der Waals surface area contributed by atoms with Crippen molar-refractivity contribution in [2.24, 2.45) is 5.92 Å². The van der Waals surface area contributed by atoms with Gasteiger partial charge in [-0.2, -0.15) is 5.26 Å². The molecule has 2 fully saturated rings. The van der Waals surface area contributed by atoms with Crippen LogP contribution in [0.5, 0.6) is 0 Å². The van der Waals surface area contributed by atoms with Gasteiger partial charge in [0.1, 0.15) is 5.54 Å².